The van der Waals surface area contributed by atoms with Gasteiger partial charge in [-0.1, -0.05) is 13.8 Å². The van der Waals surface area contributed by atoms with Crippen molar-refractivity contribution in [3.05, 3.63) is 16.6 Å². The van der Waals surface area contributed by atoms with Gasteiger partial charge in [-0.15, -0.1) is 23.7 Å². The van der Waals surface area contributed by atoms with E-state index in [-0.39, 0.29) is 30.3 Å². The second-order valence-electron chi connectivity index (χ2n) is 6.19. The summed E-state index contributed by atoms with van der Waals surface area (Å²) in [6.45, 7) is 6.06. The molecule has 8 heteroatoms. The third kappa shape index (κ3) is 3.52. The zero-order valence-electron chi connectivity index (χ0n) is 13.5. The second kappa shape index (κ2) is 7.17. The number of nitrogens with one attached hydrogen (secondary N) is 2. The third-order valence-electron chi connectivity index (χ3n) is 4.14. The molecule has 3 rings (SSSR count). The summed E-state index contributed by atoms with van der Waals surface area (Å²) in [6, 6.07) is 1.93. The van der Waals surface area contributed by atoms with E-state index in [9.17, 15) is 9.90 Å². The van der Waals surface area contributed by atoms with Gasteiger partial charge in [0.15, 0.2) is 0 Å². The van der Waals surface area contributed by atoms with Crippen LogP contribution in [0.3, 0.4) is 0 Å². The largest absolute Gasteiger partial charge is 0.391 e. The lowest BCUT2D eigenvalue weighted by Gasteiger charge is -2.13. The lowest BCUT2D eigenvalue weighted by Crippen LogP contribution is -2.34. The quantitative estimate of drug-likeness (QED) is 0.773. The number of fused-ring (bicyclic) bond motifs is 1. The summed E-state index contributed by atoms with van der Waals surface area (Å²) in [5.41, 5.74) is 1.03. The van der Waals surface area contributed by atoms with Gasteiger partial charge in [0.1, 0.15) is 4.83 Å². The molecule has 1 aliphatic heterocycles. The zero-order valence-corrected chi connectivity index (χ0v) is 15.1. The number of aryl methyl sites for hydroxylation is 1. The fourth-order valence-corrected chi connectivity index (χ4v) is 3.84. The highest BCUT2D eigenvalue weighted by Gasteiger charge is 2.25. The van der Waals surface area contributed by atoms with E-state index in [4.69, 9.17) is 0 Å². The van der Waals surface area contributed by atoms with E-state index in [2.05, 4.69) is 29.6 Å². The first-order chi connectivity index (χ1) is 10.5. The molecule has 128 valence electrons. The second-order valence-corrected chi connectivity index (χ2v) is 7.22. The van der Waals surface area contributed by atoms with Crippen molar-refractivity contribution in [3.63, 3.8) is 0 Å². The van der Waals surface area contributed by atoms with Gasteiger partial charge < -0.3 is 15.7 Å². The summed E-state index contributed by atoms with van der Waals surface area (Å²) < 4.78 is 1.84. The van der Waals surface area contributed by atoms with Gasteiger partial charge in [-0.05, 0) is 12.0 Å². The van der Waals surface area contributed by atoms with Gasteiger partial charge in [-0.2, -0.15) is 5.10 Å². The Balaban J connectivity index is 0.00000192. The lowest BCUT2D eigenvalue weighted by molar-refractivity contribution is 0.0931. The molecular weight excluding hydrogens is 336 g/mol. The fraction of sp³-hybridized carbons (Fsp3) is 0.600. The summed E-state index contributed by atoms with van der Waals surface area (Å²) >= 11 is 1.46. The van der Waals surface area contributed by atoms with Crippen LogP contribution in [0.4, 0.5) is 0 Å². The van der Waals surface area contributed by atoms with Crippen molar-refractivity contribution in [3.8, 4) is 0 Å². The Labute approximate surface area is 145 Å². The SMILES string of the molecule is CC(C)c1nn(C)c2sc(C(=O)NCC3CNCC3O)cc12.Cl. The van der Waals surface area contributed by atoms with Gasteiger partial charge in [0.25, 0.3) is 5.91 Å². The lowest BCUT2D eigenvalue weighted by atomic mass is 10.1. The molecule has 3 N–H and O–H groups in total. The van der Waals surface area contributed by atoms with Crippen molar-refractivity contribution in [2.75, 3.05) is 19.6 Å². The molecular formula is C15H23ClN4O2S. The fourth-order valence-electron chi connectivity index (χ4n) is 2.84. The number of carbonyl (C=O) groups is 1. The maximum Gasteiger partial charge on any atom is 0.261 e. The first-order valence-corrected chi connectivity index (χ1v) is 8.42. The van der Waals surface area contributed by atoms with E-state index in [1.165, 1.54) is 11.3 Å². The zero-order chi connectivity index (χ0) is 15.9. The first kappa shape index (κ1) is 18.2. The average molecular weight is 359 g/mol. The van der Waals surface area contributed by atoms with E-state index in [0.29, 0.717) is 23.9 Å². The van der Waals surface area contributed by atoms with Crippen molar-refractivity contribution in [1.29, 1.82) is 0 Å². The van der Waals surface area contributed by atoms with Crippen molar-refractivity contribution in [2.24, 2.45) is 13.0 Å². The maximum atomic E-state index is 12.3. The predicted molar refractivity (Wildman–Crippen MR) is 94.6 cm³/mol. The molecule has 2 unspecified atom stereocenters. The van der Waals surface area contributed by atoms with E-state index >= 15 is 0 Å². The minimum Gasteiger partial charge on any atom is -0.391 e. The molecule has 2 aromatic rings. The molecule has 0 radical (unpaired) electrons. The number of amides is 1. The maximum absolute atomic E-state index is 12.3. The molecule has 0 aromatic carbocycles. The molecule has 23 heavy (non-hydrogen) atoms. The number of nitrogens with zero attached hydrogens (tertiary/aromatic N) is 2. The molecule has 0 aliphatic carbocycles. The molecule has 2 aromatic heterocycles. The van der Waals surface area contributed by atoms with E-state index in [0.717, 1.165) is 22.5 Å². The molecule has 1 amide bonds. The number of thiophene rings is 1. The van der Waals surface area contributed by atoms with Crippen LogP contribution in [-0.2, 0) is 7.05 Å². The predicted octanol–water partition coefficient (Wildman–Crippen LogP) is 1.49. The van der Waals surface area contributed by atoms with Crippen LogP contribution in [-0.4, -0.2) is 46.5 Å². The Hall–Kier alpha value is -1.15. The Morgan fingerprint density at radius 2 is 2.30 bits per heavy atom. The monoisotopic (exact) mass is 358 g/mol. The molecule has 2 atom stereocenters. The highest BCUT2D eigenvalue weighted by molar-refractivity contribution is 7.20. The summed E-state index contributed by atoms with van der Waals surface area (Å²) in [5, 5.41) is 21.4. The molecule has 0 spiro atoms. The number of aromatic nitrogens is 2. The number of halogens is 1. The molecule has 6 nitrogen and oxygen atoms in total. The van der Waals surface area contributed by atoms with Gasteiger partial charge in [0, 0.05) is 38.0 Å². The highest BCUT2D eigenvalue weighted by Crippen LogP contribution is 2.31. The van der Waals surface area contributed by atoms with Crippen molar-refractivity contribution < 1.29 is 9.90 Å². The number of rotatable bonds is 4. The number of carbonyl (C=O) groups excluding carboxylic acids is 1. The number of hydrogen-bond donors (Lipinski definition) is 3. The van der Waals surface area contributed by atoms with Crippen LogP contribution in [0, 0.1) is 5.92 Å². The van der Waals surface area contributed by atoms with E-state index in [1.807, 2.05) is 17.8 Å². The summed E-state index contributed by atoms with van der Waals surface area (Å²) in [5.74, 6) is 0.343. The number of hydrogen-bond acceptors (Lipinski definition) is 5. The van der Waals surface area contributed by atoms with Crippen LogP contribution in [0.5, 0.6) is 0 Å². The smallest absolute Gasteiger partial charge is 0.261 e. The molecule has 1 fully saturated rings. The van der Waals surface area contributed by atoms with Crippen LogP contribution in [0.1, 0.15) is 35.1 Å². The van der Waals surface area contributed by atoms with Gasteiger partial charge in [-0.25, -0.2) is 0 Å². The molecule has 0 bridgehead atoms. The highest BCUT2D eigenvalue weighted by atomic mass is 35.5. The van der Waals surface area contributed by atoms with Gasteiger partial charge in [0.2, 0.25) is 0 Å². The number of aliphatic hydroxyl groups is 1. The Kier molecular flexibility index (Phi) is 5.67. The molecule has 1 aliphatic rings. The van der Waals surface area contributed by atoms with Crippen LogP contribution >= 0.6 is 23.7 Å². The van der Waals surface area contributed by atoms with Crippen LogP contribution in [0.25, 0.3) is 10.2 Å². The van der Waals surface area contributed by atoms with Crippen molar-refractivity contribution in [2.45, 2.75) is 25.9 Å². The van der Waals surface area contributed by atoms with Gasteiger partial charge in [0.05, 0.1) is 16.7 Å². The van der Waals surface area contributed by atoms with Crippen molar-refractivity contribution >= 4 is 39.9 Å². The molecule has 3 heterocycles. The minimum atomic E-state index is -0.376. The first-order valence-electron chi connectivity index (χ1n) is 7.60. The summed E-state index contributed by atoms with van der Waals surface area (Å²) in [4.78, 5) is 14.1. The Bertz CT molecular complexity index is 697. The Morgan fingerprint density at radius 1 is 1.57 bits per heavy atom. The number of β-amino-alcohol motifs (C(OH)–C–C–N with tert-alkyl or cyclic N) is 1. The van der Waals surface area contributed by atoms with E-state index in [1.54, 1.807) is 0 Å². The number of aliphatic hydroxyl groups excluding tert-OH is 1. The van der Waals surface area contributed by atoms with Crippen LogP contribution in [0.2, 0.25) is 0 Å². The van der Waals surface area contributed by atoms with Gasteiger partial charge in [-0.3, -0.25) is 9.48 Å². The minimum absolute atomic E-state index is 0. The van der Waals surface area contributed by atoms with Crippen molar-refractivity contribution in [1.82, 2.24) is 20.4 Å². The topological polar surface area (TPSA) is 79.2 Å². The van der Waals surface area contributed by atoms with E-state index < -0.39 is 0 Å². The third-order valence-corrected chi connectivity index (χ3v) is 5.34. The standard InChI is InChI=1S/C15H22N4O2S.ClH/c1-8(2)13-10-4-12(22-15(10)19(3)18-13)14(21)17-6-9-5-16-7-11(9)20;/h4,8-9,11,16,20H,5-7H2,1-3H3,(H,17,21);1H. The van der Waals surface area contributed by atoms with Gasteiger partial charge >= 0.3 is 0 Å². The molecule has 1 saturated heterocycles. The Morgan fingerprint density at radius 3 is 2.91 bits per heavy atom. The van der Waals surface area contributed by atoms with Crippen LogP contribution < -0.4 is 10.6 Å². The van der Waals surface area contributed by atoms with Crippen LogP contribution in [0.15, 0.2) is 6.07 Å². The average Bonchev–Trinajstić information content (AvgIpc) is 3.13. The molecule has 0 saturated carbocycles. The summed E-state index contributed by atoms with van der Waals surface area (Å²) in [6.07, 6.45) is -0.376. The normalized spacial score (nSPS) is 20.9. The summed E-state index contributed by atoms with van der Waals surface area (Å²) in [7, 11) is 1.91.